The van der Waals surface area contributed by atoms with E-state index in [0.717, 1.165) is 0 Å². The molecule has 16 heteroatoms. The lowest BCUT2D eigenvalue weighted by molar-refractivity contribution is -0.386. The Kier molecular flexibility index (Phi) is 6.15. The molecule has 0 saturated carbocycles. The SMILES string of the molecule is O=c1[nH]c(Cl)c([N+](=O)[O-])c(=O)n1CCCCn1c(=O)[nH]c(Cl)c([N+](=O)[O-])c1=O. The third kappa shape index (κ3) is 4.01. The smallest absolute Gasteiger partial charge is 0.292 e. The number of nitro groups is 2. The second kappa shape index (κ2) is 8.18. The van der Waals surface area contributed by atoms with Crippen LogP contribution >= 0.6 is 23.2 Å². The Labute approximate surface area is 162 Å². The Bertz CT molecular complexity index is 1100. The Morgan fingerprint density at radius 2 is 1.07 bits per heavy atom. The van der Waals surface area contributed by atoms with E-state index in [0.29, 0.717) is 9.13 Å². The van der Waals surface area contributed by atoms with Crippen molar-refractivity contribution in [3.8, 4) is 0 Å². The van der Waals surface area contributed by atoms with Gasteiger partial charge in [-0.1, -0.05) is 23.2 Å². The summed E-state index contributed by atoms with van der Waals surface area (Å²) in [6, 6.07) is 0. The molecule has 0 atom stereocenters. The summed E-state index contributed by atoms with van der Waals surface area (Å²) in [6.07, 6.45) is 0.0636. The summed E-state index contributed by atoms with van der Waals surface area (Å²) in [4.78, 5) is 71.1. The van der Waals surface area contributed by atoms with Crippen LogP contribution in [-0.4, -0.2) is 28.9 Å². The zero-order chi connectivity index (χ0) is 21.2. The second-order valence-corrected chi connectivity index (χ2v) is 6.08. The average molecular weight is 437 g/mol. The third-order valence-electron chi connectivity index (χ3n) is 3.61. The van der Waals surface area contributed by atoms with Gasteiger partial charge in [0.1, 0.15) is 0 Å². The van der Waals surface area contributed by atoms with Crippen LogP contribution in [-0.2, 0) is 13.1 Å². The number of H-pyrrole nitrogens is 2. The molecule has 0 aliphatic heterocycles. The molecule has 2 aromatic heterocycles. The van der Waals surface area contributed by atoms with E-state index in [1.54, 1.807) is 0 Å². The maximum atomic E-state index is 12.0. The topological polar surface area (TPSA) is 196 Å². The lowest BCUT2D eigenvalue weighted by Gasteiger charge is -2.07. The number of hydrogen-bond acceptors (Lipinski definition) is 8. The third-order valence-corrected chi connectivity index (χ3v) is 4.16. The van der Waals surface area contributed by atoms with Crippen LogP contribution in [0.25, 0.3) is 0 Å². The monoisotopic (exact) mass is 436 g/mol. The van der Waals surface area contributed by atoms with Gasteiger partial charge in [-0.2, -0.15) is 0 Å². The fraction of sp³-hybridized carbons (Fsp3) is 0.333. The standard InChI is InChI=1S/C12H10Cl2N6O8/c13-7-5(19(25)26)9(21)17(11(23)15-7)3-1-2-4-18-10(22)6(20(27)28)8(14)16-12(18)24/h1-4H2,(H,15,23)(H,16,24). The first kappa shape index (κ1) is 21.0. The van der Waals surface area contributed by atoms with Crippen LogP contribution in [0.15, 0.2) is 19.2 Å². The maximum absolute atomic E-state index is 12.0. The molecule has 2 rings (SSSR count). The lowest BCUT2D eigenvalue weighted by Crippen LogP contribution is -2.37. The van der Waals surface area contributed by atoms with Crippen molar-refractivity contribution in [2.45, 2.75) is 25.9 Å². The number of nitrogens with zero attached hydrogens (tertiary/aromatic N) is 4. The van der Waals surface area contributed by atoms with Gasteiger partial charge in [-0.15, -0.1) is 0 Å². The van der Waals surface area contributed by atoms with Crippen molar-refractivity contribution < 1.29 is 9.85 Å². The van der Waals surface area contributed by atoms with Crippen LogP contribution in [0.1, 0.15) is 12.8 Å². The zero-order valence-corrected chi connectivity index (χ0v) is 15.2. The van der Waals surface area contributed by atoms with E-state index in [-0.39, 0.29) is 25.9 Å². The highest BCUT2D eigenvalue weighted by Gasteiger charge is 2.24. The Morgan fingerprint density at radius 1 is 0.750 bits per heavy atom. The summed E-state index contributed by atoms with van der Waals surface area (Å²) in [5, 5.41) is 20.3. The minimum Gasteiger partial charge on any atom is -0.292 e. The van der Waals surface area contributed by atoms with Gasteiger partial charge in [-0.3, -0.25) is 48.9 Å². The zero-order valence-electron chi connectivity index (χ0n) is 13.6. The van der Waals surface area contributed by atoms with Crippen molar-refractivity contribution in [2.24, 2.45) is 0 Å². The summed E-state index contributed by atoms with van der Waals surface area (Å²) in [7, 11) is 0. The van der Waals surface area contributed by atoms with E-state index < -0.39 is 54.0 Å². The molecule has 0 unspecified atom stereocenters. The van der Waals surface area contributed by atoms with Crippen LogP contribution < -0.4 is 22.5 Å². The Hall–Kier alpha value is -3.26. The van der Waals surface area contributed by atoms with Crippen LogP contribution in [0.5, 0.6) is 0 Å². The molecule has 0 aliphatic carbocycles. The number of hydrogen-bond donors (Lipinski definition) is 2. The Morgan fingerprint density at radius 3 is 1.36 bits per heavy atom. The minimum atomic E-state index is -1.21. The summed E-state index contributed by atoms with van der Waals surface area (Å²) < 4.78 is 1.09. The molecule has 28 heavy (non-hydrogen) atoms. The van der Waals surface area contributed by atoms with Crippen LogP contribution in [0.4, 0.5) is 11.4 Å². The normalized spacial score (nSPS) is 10.8. The molecule has 0 spiro atoms. The predicted octanol–water partition coefficient (Wildman–Crippen LogP) is -0.00980. The number of nitrogens with one attached hydrogen (secondary N) is 2. The number of halogens is 2. The fourth-order valence-electron chi connectivity index (χ4n) is 2.33. The summed E-state index contributed by atoms with van der Waals surface area (Å²) in [6.45, 7) is -0.566. The minimum absolute atomic E-state index is 0.0318. The first-order chi connectivity index (χ1) is 13.1. The first-order valence-corrected chi connectivity index (χ1v) is 8.15. The van der Waals surface area contributed by atoms with Crippen molar-refractivity contribution in [1.29, 1.82) is 0 Å². The van der Waals surface area contributed by atoms with Crippen LogP contribution in [0.2, 0.25) is 10.3 Å². The van der Waals surface area contributed by atoms with Crippen molar-refractivity contribution in [1.82, 2.24) is 19.1 Å². The van der Waals surface area contributed by atoms with E-state index in [1.165, 1.54) is 0 Å². The van der Waals surface area contributed by atoms with Crippen molar-refractivity contribution >= 4 is 34.6 Å². The second-order valence-electron chi connectivity index (χ2n) is 5.32. The molecule has 0 bridgehead atoms. The number of aromatic nitrogens is 4. The fourth-order valence-corrected chi connectivity index (χ4v) is 2.79. The van der Waals surface area contributed by atoms with Gasteiger partial charge >= 0.3 is 33.9 Å². The van der Waals surface area contributed by atoms with Gasteiger partial charge in [-0.25, -0.2) is 9.59 Å². The molecule has 2 heterocycles. The van der Waals surface area contributed by atoms with Gasteiger partial charge in [-0.05, 0) is 12.8 Å². The molecule has 0 fully saturated rings. The highest BCUT2D eigenvalue weighted by Crippen LogP contribution is 2.15. The summed E-state index contributed by atoms with van der Waals surface area (Å²) in [5.74, 6) is 0. The highest BCUT2D eigenvalue weighted by molar-refractivity contribution is 6.31. The number of rotatable bonds is 7. The van der Waals surface area contributed by atoms with E-state index in [2.05, 4.69) is 0 Å². The first-order valence-electron chi connectivity index (χ1n) is 7.40. The summed E-state index contributed by atoms with van der Waals surface area (Å²) in [5.41, 5.74) is -6.37. The lowest BCUT2D eigenvalue weighted by atomic mass is 10.3. The predicted molar refractivity (Wildman–Crippen MR) is 95.2 cm³/mol. The molecular weight excluding hydrogens is 427 g/mol. The van der Waals surface area contributed by atoms with E-state index in [1.807, 2.05) is 9.97 Å². The van der Waals surface area contributed by atoms with Crippen LogP contribution in [0, 0.1) is 20.2 Å². The molecule has 0 aromatic carbocycles. The molecule has 0 aliphatic rings. The molecule has 0 amide bonds. The van der Waals surface area contributed by atoms with Gasteiger partial charge in [0, 0.05) is 13.1 Å². The molecular formula is C12H10Cl2N6O8. The maximum Gasteiger partial charge on any atom is 0.369 e. The average Bonchev–Trinajstić information content (AvgIpc) is 2.54. The van der Waals surface area contributed by atoms with Gasteiger partial charge in [0.25, 0.3) is 0 Å². The summed E-state index contributed by atoms with van der Waals surface area (Å²) >= 11 is 11.0. The molecule has 14 nitrogen and oxygen atoms in total. The van der Waals surface area contributed by atoms with Gasteiger partial charge in [0.05, 0.1) is 9.85 Å². The number of aromatic amines is 2. The van der Waals surface area contributed by atoms with Crippen molar-refractivity contribution in [2.75, 3.05) is 0 Å². The van der Waals surface area contributed by atoms with E-state index >= 15 is 0 Å². The van der Waals surface area contributed by atoms with Gasteiger partial charge in [0.2, 0.25) is 0 Å². The largest absolute Gasteiger partial charge is 0.369 e. The Balaban J connectivity index is 2.21. The number of unbranched alkanes of at least 4 members (excludes halogenated alkanes) is 1. The van der Waals surface area contributed by atoms with Gasteiger partial charge < -0.3 is 0 Å². The van der Waals surface area contributed by atoms with Crippen molar-refractivity contribution in [3.63, 3.8) is 0 Å². The molecule has 150 valence electrons. The van der Waals surface area contributed by atoms with E-state index in [9.17, 15) is 39.4 Å². The highest BCUT2D eigenvalue weighted by atomic mass is 35.5. The van der Waals surface area contributed by atoms with Gasteiger partial charge in [0.15, 0.2) is 10.3 Å². The molecule has 2 N–H and O–H groups in total. The van der Waals surface area contributed by atoms with Crippen LogP contribution in [0.3, 0.4) is 0 Å². The molecule has 2 aromatic rings. The van der Waals surface area contributed by atoms with E-state index in [4.69, 9.17) is 23.2 Å². The quantitative estimate of drug-likeness (QED) is 0.261. The molecule has 0 saturated heterocycles. The molecule has 0 radical (unpaired) electrons. The van der Waals surface area contributed by atoms with Crippen molar-refractivity contribution in [3.05, 3.63) is 72.2 Å².